The molecule has 1 aliphatic rings. The van der Waals surface area contributed by atoms with Crippen LogP contribution >= 0.6 is 0 Å². The van der Waals surface area contributed by atoms with Crippen molar-refractivity contribution < 1.29 is 21.6 Å². The molecule has 1 aromatic carbocycles. The van der Waals surface area contributed by atoms with Crippen LogP contribution in [0.15, 0.2) is 28.0 Å². The highest BCUT2D eigenvalue weighted by molar-refractivity contribution is 7.90. The normalized spacial score (nSPS) is 18.2. The Hall–Kier alpha value is -1.04. The van der Waals surface area contributed by atoms with Gasteiger partial charge in [0.25, 0.3) is 0 Å². The first-order valence-corrected chi connectivity index (χ1v) is 11.0. The fourth-order valence-electron chi connectivity index (χ4n) is 2.37. The van der Waals surface area contributed by atoms with E-state index in [1.807, 2.05) is 6.92 Å². The third-order valence-electron chi connectivity index (χ3n) is 4.13. The monoisotopic (exact) mass is 391 g/mol. The van der Waals surface area contributed by atoms with Crippen LogP contribution in [0.5, 0.6) is 0 Å². The summed E-state index contributed by atoms with van der Waals surface area (Å²) in [5, 5.41) is 2.94. The van der Waals surface area contributed by atoms with Gasteiger partial charge in [0, 0.05) is 25.7 Å². The number of likely N-dealkylation sites (N-methyl/N-ethyl adjacent to an activating group) is 1. The molecule has 25 heavy (non-hydrogen) atoms. The molecule has 2 N–H and O–H groups in total. The largest absolute Gasteiger partial charge is 0.379 e. The Morgan fingerprint density at radius 1 is 1.20 bits per heavy atom. The molecule has 0 bridgehead atoms. The maximum absolute atomic E-state index is 12.8. The fourth-order valence-corrected chi connectivity index (χ4v) is 5.26. The minimum atomic E-state index is -3.79. The lowest BCUT2D eigenvalue weighted by molar-refractivity contribution is 0.0730. The highest BCUT2D eigenvalue weighted by atomic mass is 32.2. The van der Waals surface area contributed by atoms with Gasteiger partial charge in [-0.05, 0) is 38.6 Å². The van der Waals surface area contributed by atoms with Gasteiger partial charge >= 0.3 is 0 Å². The molecule has 1 aromatic rings. The van der Waals surface area contributed by atoms with Crippen molar-refractivity contribution in [1.82, 2.24) is 14.3 Å². The number of nitrogens with zero attached hydrogens (tertiary/aromatic N) is 1. The SMILES string of the molecule is CNC(C)CNS(=O)(=O)c1ccc(C)c(S(=O)(=O)N2CCOCC2)c1. The van der Waals surface area contributed by atoms with Crippen LogP contribution in [0.2, 0.25) is 0 Å². The summed E-state index contributed by atoms with van der Waals surface area (Å²) in [7, 11) is -5.82. The topological polar surface area (TPSA) is 105 Å². The third kappa shape index (κ3) is 4.78. The van der Waals surface area contributed by atoms with Gasteiger partial charge < -0.3 is 10.1 Å². The number of aryl methyl sites for hydroxylation is 1. The molecule has 1 unspecified atom stereocenters. The zero-order valence-corrected chi connectivity index (χ0v) is 16.3. The van der Waals surface area contributed by atoms with Crippen LogP contribution in [0.25, 0.3) is 0 Å². The first-order valence-electron chi connectivity index (χ1n) is 8.04. The third-order valence-corrected chi connectivity index (χ3v) is 7.59. The van der Waals surface area contributed by atoms with Crippen LogP contribution in [0, 0.1) is 6.92 Å². The number of morpholine rings is 1. The molecule has 142 valence electrons. The molecule has 2 rings (SSSR count). The van der Waals surface area contributed by atoms with Gasteiger partial charge in [-0.3, -0.25) is 0 Å². The van der Waals surface area contributed by atoms with Crippen molar-refractivity contribution in [2.45, 2.75) is 29.7 Å². The Morgan fingerprint density at radius 3 is 2.44 bits per heavy atom. The Balaban J connectivity index is 2.34. The van der Waals surface area contributed by atoms with E-state index in [2.05, 4.69) is 10.0 Å². The van der Waals surface area contributed by atoms with E-state index in [0.717, 1.165) is 0 Å². The summed E-state index contributed by atoms with van der Waals surface area (Å²) in [5.74, 6) is 0. The molecule has 0 saturated carbocycles. The van der Waals surface area contributed by atoms with Crippen molar-refractivity contribution in [1.29, 1.82) is 0 Å². The van der Waals surface area contributed by atoms with Crippen LogP contribution in [0.3, 0.4) is 0 Å². The molecule has 1 heterocycles. The van der Waals surface area contributed by atoms with E-state index in [9.17, 15) is 16.8 Å². The van der Waals surface area contributed by atoms with Crippen LogP contribution in [-0.4, -0.2) is 67.1 Å². The van der Waals surface area contributed by atoms with Gasteiger partial charge in [0.15, 0.2) is 0 Å². The highest BCUT2D eigenvalue weighted by Gasteiger charge is 2.29. The molecular formula is C15H25N3O5S2. The molecule has 1 fully saturated rings. The van der Waals surface area contributed by atoms with Gasteiger partial charge in [-0.1, -0.05) is 6.07 Å². The van der Waals surface area contributed by atoms with E-state index in [4.69, 9.17) is 4.74 Å². The second kappa shape index (κ2) is 8.11. The molecule has 1 aliphatic heterocycles. The van der Waals surface area contributed by atoms with Crippen LogP contribution < -0.4 is 10.0 Å². The number of benzene rings is 1. The van der Waals surface area contributed by atoms with Gasteiger partial charge in [0.1, 0.15) is 0 Å². The van der Waals surface area contributed by atoms with Crippen molar-refractivity contribution >= 4 is 20.0 Å². The summed E-state index contributed by atoms with van der Waals surface area (Å²) in [5.41, 5.74) is 0.508. The molecule has 10 heteroatoms. The molecule has 8 nitrogen and oxygen atoms in total. The number of rotatable bonds is 7. The van der Waals surface area contributed by atoms with Gasteiger partial charge in [-0.15, -0.1) is 0 Å². The van der Waals surface area contributed by atoms with Crippen molar-refractivity contribution in [3.63, 3.8) is 0 Å². The number of ether oxygens (including phenoxy) is 1. The molecular weight excluding hydrogens is 366 g/mol. The van der Waals surface area contributed by atoms with E-state index in [0.29, 0.717) is 18.8 Å². The lowest BCUT2D eigenvalue weighted by Crippen LogP contribution is -2.41. The predicted molar refractivity (Wildman–Crippen MR) is 94.5 cm³/mol. The quantitative estimate of drug-likeness (QED) is 0.673. The van der Waals surface area contributed by atoms with E-state index in [-0.39, 0.29) is 35.5 Å². The first kappa shape index (κ1) is 20.3. The molecule has 0 amide bonds. The van der Waals surface area contributed by atoms with Crippen LogP contribution in [-0.2, 0) is 24.8 Å². The Kier molecular flexibility index (Phi) is 6.57. The lowest BCUT2D eigenvalue weighted by Gasteiger charge is -2.26. The average molecular weight is 392 g/mol. The van der Waals surface area contributed by atoms with Crippen LogP contribution in [0.1, 0.15) is 12.5 Å². The zero-order valence-electron chi connectivity index (χ0n) is 14.6. The summed E-state index contributed by atoms with van der Waals surface area (Å²) < 4.78 is 59.6. The smallest absolute Gasteiger partial charge is 0.243 e. The van der Waals surface area contributed by atoms with Gasteiger partial charge in [0.2, 0.25) is 20.0 Å². The second-order valence-corrected chi connectivity index (χ2v) is 9.66. The number of hydrogen-bond acceptors (Lipinski definition) is 6. The molecule has 1 saturated heterocycles. The Labute approximate surface area is 149 Å². The standard InChI is InChI=1S/C15H25N3O5S2/c1-12-4-5-14(24(19,20)17-11-13(2)16-3)10-15(12)25(21,22)18-6-8-23-9-7-18/h4-5,10,13,16-17H,6-9,11H2,1-3H3. The minimum Gasteiger partial charge on any atom is -0.379 e. The van der Waals surface area contributed by atoms with E-state index < -0.39 is 20.0 Å². The first-order chi connectivity index (χ1) is 11.7. The molecule has 0 aromatic heterocycles. The van der Waals surface area contributed by atoms with E-state index in [1.165, 1.54) is 22.5 Å². The number of nitrogens with one attached hydrogen (secondary N) is 2. The second-order valence-electron chi connectivity index (χ2n) is 5.99. The highest BCUT2D eigenvalue weighted by Crippen LogP contribution is 2.24. The minimum absolute atomic E-state index is 0.0129. The van der Waals surface area contributed by atoms with E-state index in [1.54, 1.807) is 14.0 Å². The van der Waals surface area contributed by atoms with E-state index >= 15 is 0 Å². The molecule has 1 atom stereocenters. The molecule has 0 aliphatic carbocycles. The zero-order chi connectivity index (χ0) is 18.7. The fraction of sp³-hybridized carbons (Fsp3) is 0.600. The molecule has 0 spiro atoms. The molecule has 0 radical (unpaired) electrons. The maximum atomic E-state index is 12.8. The van der Waals surface area contributed by atoms with Gasteiger partial charge in [-0.25, -0.2) is 21.6 Å². The Bertz CT molecular complexity index is 802. The summed E-state index contributed by atoms with van der Waals surface area (Å²) in [6.45, 7) is 4.89. The van der Waals surface area contributed by atoms with Crippen molar-refractivity contribution in [3.8, 4) is 0 Å². The number of hydrogen-bond donors (Lipinski definition) is 2. The summed E-state index contributed by atoms with van der Waals surface area (Å²) >= 11 is 0. The predicted octanol–water partition coefficient (Wildman–Crippen LogP) is -0.0979. The summed E-state index contributed by atoms with van der Waals surface area (Å²) in [6, 6.07) is 4.12. The lowest BCUT2D eigenvalue weighted by atomic mass is 10.2. The van der Waals surface area contributed by atoms with Gasteiger partial charge in [0.05, 0.1) is 23.0 Å². The average Bonchev–Trinajstić information content (AvgIpc) is 2.60. The van der Waals surface area contributed by atoms with Crippen molar-refractivity contribution in [2.75, 3.05) is 39.9 Å². The summed E-state index contributed by atoms with van der Waals surface area (Å²) in [4.78, 5) is -0.0489. The Morgan fingerprint density at radius 2 is 1.84 bits per heavy atom. The van der Waals surface area contributed by atoms with Gasteiger partial charge in [-0.2, -0.15) is 4.31 Å². The maximum Gasteiger partial charge on any atom is 0.243 e. The van der Waals surface area contributed by atoms with Crippen LogP contribution in [0.4, 0.5) is 0 Å². The van der Waals surface area contributed by atoms with Crippen molar-refractivity contribution in [2.24, 2.45) is 0 Å². The van der Waals surface area contributed by atoms with Crippen molar-refractivity contribution in [3.05, 3.63) is 23.8 Å². The summed E-state index contributed by atoms with van der Waals surface area (Å²) in [6.07, 6.45) is 0. The number of sulfonamides is 2.